The lowest BCUT2D eigenvalue weighted by Gasteiger charge is -2.33. The van der Waals surface area contributed by atoms with Gasteiger partial charge in [-0.1, -0.05) is 18.6 Å². The molecule has 1 atom stereocenters. The molecule has 1 N–H and O–H groups in total. The minimum absolute atomic E-state index is 0.148. The topological polar surface area (TPSA) is 76.3 Å². The largest absolute Gasteiger partial charge is 0.353 e. The summed E-state index contributed by atoms with van der Waals surface area (Å²) < 4.78 is 2.58. The van der Waals surface area contributed by atoms with Gasteiger partial charge in [-0.2, -0.15) is 0 Å². The van der Waals surface area contributed by atoms with Crippen molar-refractivity contribution in [2.24, 2.45) is 7.05 Å². The monoisotopic (exact) mass is 358 g/mol. The van der Waals surface area contributed by atoms with E-state index in [1.54, 1.807) is 31.3 Å². The maximum absolute atomic E-state index is 12.3. The molecule has 2 heterocycles. The summed E-state index contributed by atoms with van der Waals surface area (Å²) >= 11 is 0. The first kappa shape index (κ1) is 18.4. The van der Waals surface area contributed by atoms with Crippen LogP contribution >= 0.6 is 0 Å². The highest BCUT2D eigenvalue weighted by atomic mass is 16.2. The van der Waals surface area contributed by atoms with E-state index in [4.69, 9.17) is 0 Å². The van der Waals surface area contributed by atoms with E-state index in [1.165, 1.54) is 28.4 Å². The van der Waals surface area contributed by atoms with Gasteiger partial charge in [0.15, 0.2) is 0 Å². The van der Waals surface area contributed by atoms with Crippen molar-refractivity contribution in [3.05, 3.63) is 45.0 Å². The summed E-state index contributed by atoms with van der Waals surface area (Å²) in [6, 6.07) is 7.65. The number of hydrogen-bond donors (Lipinski definition) is 1. The predicted octanol–water partition coefficient (Wildman–Crippen LogP) is 0.691. The van der Waals surface area contributed by atoms with Crippen LogP contribution in [0.2, 0.25) is 0 Å². The molecule has 1 aromatic heterocycles. The molecule has 7 nitrogen and oxygen atoms in total. The van der Waals surface area contributed by atoms with E-state index in [2.05, 4.69) is 17.1 Å². The first-order chi connectivity index (χ1) is 12.5. The van der Waals surface area contributed by atoms with Gasteiger partial charge in [0.25, 0.3) is 0 Å². The Morgan fingerprint density at radius 3 is 2.62 bits per heavy atom. The van der Waals surface area contributed by atoms with Gasteiger partial charge in [0.2, 0.25) is 5.91 Å². The molecule has 0 bridgehead atoms. The third kappa shape index (κ3) is 3.72. The van der Waals surface area contributed by atoms with E-state index in [0.717, 1.165) is 13.1 Å². The Balaban J connectivity index is 1.70. The van der Waals surface area contributed by atoms with Gasteiger partial charge in [0.05, 0.1) is 11.0 Å². The van der Waals surface area contributed by atoms with E-state index in [0.29, 0.717) is 23.6 Å². The second-order valence-electron chi connectivity index (χ2n) is 6.97. The zero-order valence-corrected chi connectivity index (χ0v) is 15.4. The number of aromatic nitrogens is 2. The molecule has 0 saturated carbocycles. The lowest BCUT2D eigenvalue weighted by atomic mass is 10.0. The number of fused-ring (bicyclic) bond motifs is 1. The number of para-hydroxylation sites is 2. The summed E-state index contributed by atoms with van der Waals surface area (Å²) in [6.07, 6.45) is 3.67. The molecule has 1 amide bonds. The maximum Gasteiger partial charge on any atom is 0.317 e. The van der Waals surface area contributed by atoms with E-state index in [9.17, 15) is 14.4 Å². The number of carbonyl (C=O) groups excluding carboxylic acids is 1. The Labute approximate surface area is 152 Å². The highest BCUT2D eigenvalue weighted by Gasteiger charge is 2.18. The standard InChI is InChI=1S/C19H26N4O3/c1-14-7-5-6-11-22(14)12-10-20-17(24)13-23-16-9-4-3-8-15(16)21(2)18(25)19(23)26/h3-4,8-9,14H,5-7,10-13H2,1-2H3,(H,20,24). The quantitative estimate of drug-likeness (QED) is 0.798. The van der Waals surface area contributed by atoms with Crippen LogP contribution < -0.4 is 16.4 Å². The Bertz CT molecular complexity index is 915. The molecule has 7 heteroatoms. The van der Waals surface area contributed by atoms with Gasteiger partial charge < -0.3 is 9.88 Å². The van der Waals surface area contributed by atoms with Crippen molar-refractivity contribution in [2.45, 2.75) is 38.8 Å². The van der Waals surface area contributed by atoms with Gasteiger partial charge >= 0.3 is 11.1 Å². The van der Waals surface area contributed by atoms with E-state index < -0.39 is 11.1 Å². The lowest BCUT2D eigenvalue weighted by molar-refractivity contribution is -0.121. The van der Waals surface area contributed by atoms with E-state index in [1.807, 2.05) is 0 Å². The molecule has 1 fully saturated rings. The molecular weight excluding hydrogens is 332 g/mol. The third-order valence-corrected chi connectivity index (χ3v) is 5.23. The smallest absolute Gasteiger partial charge is 0.317 e. The average molecular weight is 358 g/mol. The van der Waals surface area contributed by atoms with Crippen molar-refractivity contribution in [1.82, 2.24) is 19.4 Å². The van der Waals surface area contributed by atoms with Gasteiger partial charge in [-0.05, 0) is 38.4 Å². The minimum atomic E-state index is -0.675. The summed E-state index contributed by atoms with van der Waals surface area (Å²) in [6.45, 7) is 4.48. The fraction of sp³-hybridized carbons (Fsp3) is 0.526. The molecule has 1 unspecified atom stereocenters. The minimum Gasteiger partial charge on any atom is -0.353 e. The van der Waals surface area contributed by atoms with Crippen molar-refractivity contribution in [3.63, 3.8) is 0 Å². The molecule has 1 aromatic carbocycles. The SMILES string of the molecule is CC1CCCCN1CCNC(=O)Cn1c(=O)c(=O)n(C)c2ccccc21. The van der Waals surface area contributed by atoms with Crippen LogP contribution in [0.5, 0.6) is 0 Å². The summed E-state index contributed by atoms with van der Waals surface area (Å²) in [5, 5.41) is 2.88. The molecule has 0 aliphatic carbocycles. The molecule has 26 heavy (non-hydrogen) atoms. The molecular formula is C19H26N4O3. The van der Waals surface area contributed by atoms with E-state index >= 15 is 0 Å². The van der Waals surface area contributed by atoms with Crippen LogP contribution in [0, 0.1) is 0 Å². The number of piperidine rings is 1. The van der Waals surface area contributed by atoms with Crippen LogP contribution in [0.15, 0.2) is 33.9 Å². The van der Waals surface area contributed by atoms with Crippen molar-refractivity contribution in [1.29, 1.82) is 0 Å². The molecule has 1 aliphatic rings. The number of amides is 1. The fourth-order valence-electron chi connectivity index (χ4n) is 3.64. The highest BCUT2D eigenvalue weighted by molar-refractivity contribution is 5.80. The van der Waals surface area contributed by atoms with Crippen LogP contribution in [0.3, 0.4) is 0 Å². The number of carbonyl (C=O) groups is 1. The lowest BCUT2D eigenvalue weighted by Crippen LogP contribution is -2.45. The first-order valence-electron chi connectivity index (χ1n) is 9.18. The van der Waals surface area contributed by atoms with E-state index in [-0.39, 0.29) is 12.5 Å². The van der Waals surface area contributed by atoms with Crippen molar-refractivity contribution < 1.29 is 4.79 Å². The molecule has 3 rings (SSSR count). The molecule has 0 spiro atoms. The number of hydrogen-bond acceptors (Lipinski definition) is 4. The third-order valence-electron chi connectivity index (χ3n) is 5.23. The van der Waals surface area contributed by atoms with Crippen molar-refractivity contribution >= 4 is 16.9 Å². The second kappa shape index (κ2) is 7.86. The van der Waals surface area contributed by atoms with Crippen LogP contribution in [0.4, 0.5) is 0 Å². The Hall–Kier alpha value is -2.41. The van der Waals surface area contributed by atoms with Gasteiger partial charge in [-0.3, -0.25) is 23.9 Å². The zero-order valence-electron chi connectivity index (χ0n) is 15.4. The van der Waals surface area contributed by atoms with Gasteiger partial charge in [-0.25, -0.2) is 0 Å². The summed E-state index contributed by atoms with van der Waals surface area (Å²) in [5.41, 5.74) is -0.0870. The average Bonchev–Trinajstić information content (AvgIpc) is 2.65. The van der Waals surface area contributed by atoms with Crippen LogP contribution in [-0.2, 0) is 18.4 Å². The number of rotatable bonds is 5. The molecule has 2 aromatic rings. The van der Waals surface area contributed by atoms with Crippen LogP contribution in [0.1, 0.15) is 26.2 Å². The maximum atomic E-state index is 12.3. The second-order valence-corrected chi connectivity index (χ2v) is 6.97. The highest BCUT2D eigenvalue weighted by Crippen LogP contribution is 2.15. The van der Waals surface area contributed by atoms with Crippen LogP contribution in [0.25, 0.3) is 11.0 Å². The molecule has 0 radical (unpaired) electrons. The predicted molar refractivity (Wildman–Crippen MR) is 101 cm³/mol. The normalized spacial score (nSPS) is 18.2. The van der Waals surface area contributed by atoms with Gasteiger partial charge in [0, 0.05) is 26.2 Å². The summed E-state index contributed by atoms with van der Waals surface area (Å²) in [7, 11) is 1.57. The number of benzene rings is 1. The Kier molecular flexibility index (Phi) is 5.56. The van der Waals surface area contributed by atoms with Crippen molar-refractivity contribution in [2.75, 3.05) is 19.6 Å². The Morgan fingerprint density at radius 2 is 1.88 bits per heavy atom. The molecule has 1 aliphatic heterocycles. The fourth-order valence-corrected chi connectivity index (χ4v) is 3.64. The number of likely N-dealkylation sites (tertiary alicyclic amines) is 1. The van der Waals surface area contributed by atoms with Crippen LogP contribution in [-0.4, -0.2) is 45.6 Å². The Morgan fingerprint density at radius 1 is 1.15 bits per heavy atom. The zero-order chi connectivity index (χ0) is 18.7. The number of aryl methyl sites for hydroxylation is 1. The summed E-state index contributed by atoms with van der Waals surface area (Å²) in [4.78, 5) is 39.2. The van der Waals surface area contributed by atoms with Gasteiger partial charge in [-0.15, -0.1) is 0 Å². The number of nitrogens with one attached hydrogen (secondary N) is 1. The first-order valence-corrected chi connectivity index (χ1v) is 9.18. The molecule has 140 valence electrons. The van der Waals surface area contributed by atoms with Crippen molar-refractivity contribution in [3.8, 4) is 0 Å². The summed E-state index contributed by atoms with van der Waals surface area (Å²) in [5.74, 6) is -0.254. The van der Waals surface area contributed by atoms with Gasteiger partial charge in [0.1, 0.15) is 6.54 Å². The molecule has 1 saturated heterocycles. The number of nitrogens with zero attached hydrogens (tertiary/aromatic N) is 3.